The number of aromatic hydroxyl groups is 2. The molecular formula is C19H22O7. The Balaban J connectivity index is 2.00. The number of phenolic OH excluding ortho intramolecular Hbond substituents is 2. The second-order valence-corrected chi connectivity index (χ2v) is 5.90. The van der Waals surface area contributed by atoms with Gasteiger partial charge >= 0.3 is 0 Å². The Labute approximate surface area is 151 Å². The van der Waals surface area contributed by atoms with Crippen LogP contribution in [0.1, 0.15) is 17.0 Å². The van der Waals surface area contributed by atoms with Crippen molar-refractivity contribution in [3.8, 4) is 40.2 Å². The third-order valence-electron chi connectivity index (χ3n) is 4.54. The molecule has 0 saturated heterocycles. The lowest BCUT2D eigenvalue weighted by molar-refractivity contribution is 0.236. The van der Waals surface area contributed by atoms with Gasteiger partial charge in [0, 0.05) is 17.0 Å². The molecule has 2 N–H and O–H groups in total. The Morgan fingerprint density at radius 1 is 0.923 bits per heavy atom. The molecule has 2 aromatic rings. The number of hydrogen-bond donors (Lipinski definition) is 2. The standard InChI is InChI=1S/C19H22O7/c1-22-14-6-5-12(15(21)18(14)24-3)11-7-10-8-13(20)17(23-2)19(25-4)16(10)26-9-11/h5-6,8,11,20-21H,7,9H2,1-4H3. The van der Waals surface area contributed by atoms with E-state index in [2.05, 4.69) is 0 Å². The van der Waals surface area contributed by atoms with Gasteiger partial charge in [-0.05, 0) is 18.6 Å². The zero-order chi connectivity index (χ0) is 18.8. The Morgan fingerprint density at radius 2 is 1.62 bits per heavy atom. The molecule has 2 aromatic carbocycles. The lowest BCUT2D eigenvalue weighted by Crippen LogP contribution is -2.20. The first-order chi connectivity index (χ1) is 12.5. The highest BCUT2D eigenvalue weighted by Crippen LogP contribution is 2.50. The molecular weight excluding hydrogens is 340 g/mol. The van der Waals surface area contributed by atoms with Crippen molar-refractivity contribution in [2.24, 2.45) is 0 Å². The molecule has 0 spiro atoms. The fourth-order valence-corrected chi connectivity index (χ4v) is 3.32. The molecule has 26 heavy (non-hydrogen) atoms. The van der Waals surface area contributed by atoms with Crippen LogP contribution in [0.15, 0.2) is 18.2 Å². The topological polar surface area (TPSA) is 86.6 Å². The highest BCUT2D eigenvalue weighted by Gasteiger charge is 2.30. The second kappa shape index (κ2) is 7.11. The van der Waals surface area contributed by atoms with Gasteiger partial charge in [0.2, 0.25) is 17.2 Å². The lowest BCUT2D eigenvalue weighted by atomic mass is 9.89. The monoisotopic (exact) mass is 362 g/mol. The first-order valence-electron chi connectivity index (χ1n) is 8.09. The van der Waals surface area contributed by atoms with Crippen molar-refractivity contribution in [2.45, 2.75) is 12.3 Å². The Kier molecular flexibility index (Phi) is 4.88. The van der Waals surface area contributed by atoms with Crippen molar-refractivity contribution in [1.29, 1.82) is 0 Å². The molecule has 0 saturated carbocycles. The Hall–Kier alpha value is -2.96. The average Bonchev–Trinajstić information content (AvgIpc) is 2.65. The summed E-state index contributed by atoms with van der Waals surface area (Å²) in [6.45, 7) is 0.334. The fourth-order valence-electron chi connectivity index (χ4n) is 3.32. The SMILES string of the molecule is COc1ccc(C2COc3c(cc(O)c(OC)c3OC)C2)c(O)c1OC. The van der Waals surface area contributed by atoms with Crippen molar-refractivity contribution in [2.75, 3.05) is 35.0 Å². The van der Waals surface area contributed by atoms with E-state index in [-0.39, 0.29) is 28.9 Å². The number of fused-ring (bicyclic) bond motifs is 1. The molecule has 7 nitrogen and oxygen atoms in total. The van der Waals surface area contributed by atoms with Gasteiger partial charge in [0.15, 0.2) is 23.0 Å². The second-order valence-electron chi connectivity index (χ2n) is 5.90. The van der Waals surface area contributed by atoms with Gasteiger partial charge in [-0.15, -0.1) is 0 Å². The molecule has 1 aliphatic rings. The summed E-state index contributed by atoms with van der Waals surface area (Å²) in [7, 11) is 5.94. The maximum Gasteiger partial charge on any atom is 0.207 e. The van der Waals surface area contributed by atoms with Gasteiger partial charge in [0.05, 0.1) is 35.0 Å². The smallest absolute Gasteiger partial charge is 0.207 e. The fraction of sp³-hybridized carbons (Fsp3) is 0.368. The minimum absolute atomic E-state index is 0.0219. The average molecular weight is 362 g/mol. The predicted octanol–water partition coefficient (Wildman–Crippen LogP) is 2.85. The van der Waals surface area contributed by atoms with Crippen LogP contribution in [-0.2, 0) is 6.42 Å². The van der Waals surface area contributed by atoms with Crippen LogP contribution in [0.4, 0.5) is 0 Å². The van der Waals surface area contributed by atoms with Crippen LogP contribution in [0.2, 0.25) is 0 Å². The first-order valence-corrected chi connectivity index (χ1v) is 8.09. The predicted molar refractivity (Wildman–Crippen MR) is 94.4 cm³/mol. The van der Waals surface area contributed by atoms with Crippen molar-refractivity contribution in [3.05, 3.63) is 29.3 Å². The van der Waals surface area contributed by atoms with E-state index in [0.29, 0.717) is 35.8 Å². The summed E-state index contributed by atoms with van der Waals surface area (Å²) in [6.07, 6.45) is 0.548. The zero-order valence-electron chi connectivity index (χ0n) is 15.2. The van der Waals surface area contributed by atoms with Crippen LogP contribution in [0.5, 0.6) is 40.2 Å². The van der Waals surface area contributed by atoms with E-state index in [0.717, 1.165) is 5.56 Å². The Morgan fingerprint density at radius 3 is 2.23 bits per heavy atom. The van der Waals surface area contributed by atoms with Gasteiger partial charge in [0.1, 0.15) is 0 Å². The summed E-state index contributed by atoms with van der Waals surface area (Å²) in [6, 6.07) is 5.13. The van der Waals surface area contributed by atoms with E-state index >= 15 is 0 Å². The van der Waals surface area contributed by atoms with E-state index < -0.39 is 0 Å². The van der Waals surface area contributed by atoms with Gasteiger partial charge in [0.25, 0.3) is 0 Å². The minimum atomic E-state index is -0.125. The van der Waals surface area contributed by atoms with Gasteiger partial charge in [-0.25, -0.2) is 0 Å². The van der Waals surface area contributed by atoms with Crippen molar-refractivity contribution in [3.63, 3.8) is 0 Å². The van der Waals surface area contributed by atoms with Crippen LogP contribution in [0.3, 0.4) is 0 Å². The van der Waals surface area contributed by atoms with Crippen molar-refractivity contribution < 1.29 is 33.9 Å². The molecule has 0 radical (unpaired) electrons. The van der Waals surface area contributed by atoms with Crippen LogP contribution < -0.4 is 23.7 Å². The molecule has 1 atom stereocenters. The summed E-state index contributed by atoms with van der Waals surface area (Å²) >= 11 is 0. The summed E-state index contributed by atoms with van der Waals surface area (Å²) < 4.78 is 26.9. The minimum Gasteiger partial charge on any atom is -0.504 e. The van der Waals surface area contributed by atoms with Crippen LogP contribution in [0.25, 0.3) is 0 Å². The van der Waals surface area contributed by atoms with Crippen molar-refractivity contribution in [1.82, 2.24) is 0 Å². The van der Waals surface area contributed by atoms with Gasteiger partial charge in [-0.1, -0.05) is 6.07 Å². The molecule has 1 aliphatic heterocycles. The van der Waals surface area contributed by atoms with E-state index in [4.69, 9.17) is 23.7 Å². The Bertz CT molecular complexity index is 816. The quantitative estimate of drug-likeness (QED) is 0.846. The lowest BCUT2D eigenvalue weighted by Gasteiger charge is -2.28. The van der Waals surface area contributed by atoms with Crippen LogP contribution in [0, 0.1) is 0 Å². The number of ether oxygens (including phenoxy) is 5. The zero-order valence-corrected chi connectivity index (χ0v) is 15.2. The first kappa shape index (κ1) is 17.8. The molecule has 1 unspecified atom stereocenters. The third kappa shape index (κ3) is 2.79. The molecule has 140 valence electrons. The highest BCUT2D eigenvalue weighted by atomic mass is 16.5. The maximum absolute atomic E-state index is 10.6. The molecule has 1 heterocycles. The largest absolute Gasteiger partial charge is 0.504 e. The van der Waals surface area contributed by atoms with Crippen LogP contribution >= 0.6 is 0 Å². The molecule has 0 amide bonds. The molecule has 7 heteroatoms. The number of phenols is 2. The summed E-state index contributed by atoms with van der Waals surface area (Å²) in [5.41, 5.74) is 1.45. The summed E-state index contributed by atoms with van der Waals surface area (Å²) in [5.74, 6) is 1.74. The van der Waals surface area contributed by atoms with Gasteiger partial charge < -0.3 is 33.9 Å². The van der Waals surface area contributed by atoms with Gasteiger partial charge in [-0.3, -0.25) is 0 Å². The van der Waals surface area contributed by atoms with E-state index in [9.17, 15) is 10.2 Å². The maximum atomic E-state index is 10.6. The summed E-state index contributed by atoms with van der Waals surface area (Å²) in [4.78, 5) is 0. The number of rotatable bonds is 5. The molecule has 3 rings (SSSR count). The van der Waals surface area contributed by atoms with E-state index in [1.165, 1.54) is 28.4 Å². The number of benzene rings is 2. The van der Waals surface area contributed by atoms with E-state index in [1.807, 2.05) is 0 Å². The molecule has 0 aromatic heterocycles. The summed E-state index contributed by atoms with van der Waals surface area (Å²) in [5, 5.41) is 20.8. The highest BCUT2D eigenvalue weighted by molar-refractivity contribution is 5.64. The number of hydrogen-bond acceptors (Lipinski definition) is 7. The molecule has 0 bridgehead atoms. The third-order valence-corrected chi connectivity index (χ3v) is 4.54. The molecule has 0 aliphatic carbocycles. The number of methoxy groups -OCH3 is 4. The molecule has 0 fully saturated rings. The normalized spacial score (nSPS) is 15.6. The van der Waals surface area contributed by atoms with E-state index in [1.54, 1.807) is 18.2 Å². The van der Waals surface area contributed by atoms with Crippen LogP contribution in [-0.4, -0.2) is 45.3 Å². The van der Waals surface area contributed by atoms with Crippen molar-refractivity contribution >= 4 is 0 Å². The van der Waals surface area contributed by atoms with Gasteiger partial charge in [-0.2, -0.15) is 0 Å².